The zero-order chi connectivity index (χ0) is 29.0. The molecule has 41 heavy (non-hydrogen) atoms. The van der Waals surface area contributed by atoms with Crippen LogP contribution in [-0.4, -0.2) is 69.5 Å². The van der Waals surface area contributed by atoms with E-state index in [0.717, 1.165) is 17.1 Å². The maximum Gasteiger partial charge on any atom is 0.286 e. The van der Waals surface area contributed by atoms with Crippen molar-refractivity contribution in [3.05, 3.63) is 82.4 Å². The average Bonchev–Trinajstić information content (AvgIpc) is 3.81. The van der Waals surface area contributed by atoms with E-state index in [4.69, 9.17) is 18.6 Å². The van der Waals surface area contributed by atoms with Crippen molar-refractivity contribution in [2.75, 3.05) is 33.4 Å². The summed E-state index contributed by atoms with van der Waals surface area (Å²) in [4.78, 5) is 26.2. The van der Waals surface area contributed by atoms with E-state index in [2.05, 4.69) is 5.32 Å². The molecule has 1 saturated carbocycles. The van der Waals surface area contributed by atoms with Gasteiger partial charge in [-0.1, -0.05) is 12.1 Å². The van der Waals surface area contributed by atoms with Gasteiger partial charge in [0.1, 0.15) is 11.3 Å². The van der Waals surface area contributed by atoms with Crippen LogP contribution in [0.4, 0.5) is 0 Å². The van der Waals surface area contributed by atoms with Crippen molar-refractivity contribution in [1.29, 1.82) is 0 Å². The molecule has 1 fully saturated rings. The van der Waals surface area contributed by atoms with Gasteiger partial charge in [-0.15, -0.1) is 0 Å². The highest BCUT2D eigenvalue weighted by Gasteiger charge is 2.33. The number of sulfonamides is 1. The molecule has 0 radical (unpaired) electrons. The number of aliphatic hydroxyl groups excluding tert-OH is 1. The van der Waals surface area contributed by atoms with Crippen molar-refractivity contribution in [3.63, 3.8) is 0 Å². The highest BCUT2D eigenvalue weighted by Crippen LogP contribution is 2.32. The van der Waals surface area contributed by atoms with Gasteiger partial charge < -0.3 is 29.1 Å². The number of carbonyl (C=O) groups excluding carboxylic acids is 1. The topological polar surface area (TPSA) is 145 Å². The molecule has 11 nitrogen and oxygen atoms in total. The molecule has 2 heterocycles. The number of nitrogens with one attached hydrogen (secondary N) is 1. The van der Waals surface area contributed by atoms with Crippen molar-refractivity contribution in [3.8, 4) is 5.75 Å². The third-order valence-electron chi connectivity index (χ3n) is 6.99. The second kappa shape index (κ2) is 12.4. The lowest BCUT2D eigenvalue weighted by Gasteiger charge is -2.30. The smallest absolute Gasteiger partial charge is 0.286 e. The fourth-order valence-electron chi connectivity index (χ4n) is 4.61. The van der Waals surface area contributed by atoms with Crippen LogP contribution in [0.25, 0.3) is 11.0 Å². The summed E-state index contributed by atoms with van der Waals surface area (Å²) in [5.41, 5.74) is 0.607. The molecular weight excluding hydrogens is 552 g/mol. The zero-order valence-corrected chi connectivity index (χ0v) is 23.3. The van der Waals surface area contributed by atoms with E-state index in [1.54, 1.807) is 42.5 Å². The number of ether oxygens (including phenoxy) is 3. The quantitative estimate of drug-likeness (QED) is 0.328. The van der Waals surface area contributed by atoms with Crippen LogP contribution in [0.5, 0.6) is 5.75 Å². The molecule has 2 aliphatic rings. The van der Waals surface area contributed by atoms with Crippen LogP contribution >= 0.6 is 0 Å². The van der Waals surface area contributed by atoms with Crippen LogP contribution in [0.2, 0.25) is 0 Å². The number of hydrogen-bond acceptors (Lipinski definition) is 9. The van der Waals surface area contributed by atoms with Gasteiger partial charge in [0.25, 0.3) is 5.91 Å². The Morgan fingerprint density at radius 3 is 2.59 bits per heavy atom. The number of carbonyl (C=O) groups is 1. The number of aliphatic hydroxyl groups is 1. The van der Waals surface area contributed by atoms with Crippen LogP contribution in [0, 0.1) is 0 Å². The van der Waals surface area contributed by atoms with Crippen LogP contribution in [0.3, 0.4) is 0 Å². The zero-order valence-electron chi connectivity index (χ0n) is 22.5. The number of rotatable bonds is 12. The number of allylic oxidation sites excluding steroid dienone is 1. The van der Waals surface area contributed by atoms with E-state index in [1.807, 2.05) is 0 Å². The van der Waals surface area contributed by atoms with Crippen molar-refractivity contribution in [2.45, 2.75) is 42.4 Å². The molecule has 3 aromatic rings. The van der Waals surface area contributed by atoms with Crippen LogP contribution in [-0.2, 0) is 24.3 Å². The Morgan fingerprint density at radius 2 is 1.88 bits per heavy atom. The highest BCUT2D eigenvalue weighted by atomic mass is 32.2. The lowest BCUT2D eigenvalue weighted by molar-refractivity contribution is -0.146. The molecule has 0 spiro atoms. The minimum Gasteiger partial charge on any atom is -0.497 e. The minimum atomic E-state index is -3.93. The minimum absolute atomic E-state index is 0.0313. The normalized spacial score (nSPS) is 19.0. The number of methoxy groups -OCH3 is 1. The second-order valence-corrected chi connectivity index (χ2v) is 11.8. The van der Waals surface area contributed by atoms with Gasteiger partial charge in [-0.05, 0) is 55.3 Å². The molecular formula is C29H32N2O9S. The van der Waals surface area contributed by atoms with Crippen LogP contribution in [0.15, 0.2) is 80.7 Å². The maximum atomic E-state index is 13.3. The summed E-state index contributed by atoms with van der Waals surface area (Å²) in [6.07, 6.45) is 4.05. The predicted octanol–water partition coefficient (Wildman–Crippen LogP) is 2.49. The Hall–Kier alpha value is -3.71. The molecule has 1 amide bonds. The van der Waals surface area contributed by atoms with Crippen molar-refractivity contribution < 1.29 is 36.9 Å². The van der Waals surface area contributed by atoms with Crippen LogP contribution in [0.1, 0.15) is 30.7 Å². The first-order valence-electron chi connectivity index (χ1n) is 13.4. The van der Waals surface area contributed by atoms with Gasteiger partial charge >= 0.3 is 0 Å². The molecule has 12 heteroatoms. The first-order chi connectivity index (χ1) is 19.8. The Balaban J connectivity index is 1.32. The molecule has 0 bridgehead atoms. The lowest BCUT2D eigenvalue weighted by atomic mass is 9.93. The van der Waals surface area contributed by atoms with Crippen molar-refractivity contribution in [1.82, 2.24) is 9.62 Å². The summed E-state index contributed by atoms with van der Waals surface area (Å²) in [5, 5.41) is 12.8. The van der Waals surface area contributed by atoms with E-state index in [0.29, 0.717) is 22.3 Å². The molecule has 1 aliphatic carbocycles. The Labute approximate surface area is 237 Å². The first-order valence-corrected chi connectivity index (χ1v) is 14.8. The molecule has 1 aliphatic heterocycles. The van der Waals surface area contributed by atoms with Crippen molar-refractivity contribution in [2.24, 2.45) is 0 Å². The standard InChI is InChI=1S/C29H32N2O9S/c1-37-21-8-10-22(11-9-21)41(35,36)31(12-14-32)13-15-38-27-17-19(16-26(40-27)29(34)30-20-6-7-20)24-18-39-25-5-3-2-4-23(25)28(24)33/h2-5,8-11,16,18-20,27,32H,6-7,12-15,17H2,1H3,(H,30,34)/t19-,27+/m1/s1. The van der Waals surface area contributed by atoms with E-state index in [9.17, 15) is 23.1 Å². The highest BCUT2D eigenvalue weighted by molar-refractivity contribution is 7.89. The molecule has 1 aromatic heterocycles. The molecule has 2 aromatic carbocycles. The van der Waals surface area contributed by atoms with Gasteiger partial charge in [-0.3, -0.25) is 9.59 Å². The average molecular weight is 585 g/mol. The number of nitrogens with zero attached hydrogens (tertiary/aromatic N) is 1. The van der Waals surface area contributed by atoms with E-state index < -0.39 is 28.1 Å². The third kappa shape index (κ3) is 6.62. The van der Waals surface area contributed by atoms with E-state index in [1.165, 1.54) is 25.5 Å². The summed E-state index contributed by atoms with van der Waals surface area (Å²) in [6.45, 7) is -0.691. The molecule has 218 valence electrons. The number of fused-ring (bicyclic) bond motifs is 1. The molecule has 5 rings (SSSR count). The third-order valence-corrected chi connectivity index (χ3v) is 8.90. The number of hydrogen-bond donors (Lipinski definition) is 2. The Kier molecular flexibility index (Phi) is 8.74. The molecule has 0 saturated heterocycles. The fourth-order valence-corrected chi connectivity index (χ4v) is 6.03. The van der Waals surface area contributed by atoms with Gasteiger partial charge in [0.15, 0.2) is 11.2 Å². The second-order valence-electron chi connectivity index (χ2n) is 9.86. The molecule has 2 N–H and O–H groups in total. The summed E-state index contributed by atoms with van der Waals surface area (Å²) < 4.78 is 50.1. The van der Waals surface area contributed by atoms with Gasteiger partial charge in [-0.25, -0.2) is 8.42 Å². The summed E-state index contributed by atoms with van der Waals surface area (Å²) in [5.74, 6) is -0.394. The largest absolute Gasteiger partial charge is 0.497 e. The first kappa shape index (κ1) is 28.8. The number of amides is 1. The van der Waals surface area contributed by atoms with Gasteiger partial charge in [0.05, 0.1) is 36.9 Å². The van der Waals surface area contributed by atoms with Gasteiger partial charge in [-0.2, -0.15) is 4.31 Å². The monoisotopic (exact) mass is 584 g/mol. The predicted molar refractivity (Wildman–Crippen MR) is 149 cm³/mol. The summed E-state index contributed by atoms with van der Waals surface area (Å²) >= 11 is 0. The van der Waals surface area contributed by atoms with Crippen LogP contribution < -0.4 is 15.5 Å². The maximum absolute atomic E-state index is 13.3. The van der Waals surface area contributed by atoms with E-state index in [-0.39, 0.29) is 54.8 Å². The SMILES string of the molecule is COc1ccc(S(=O)(=O)N(CCO)CCO[C@@H]2C[C@H](c3coc4ccccc4c3=O)C=C(C(=O)NC3CC3)O2)cc1. The van der Waals surface area contributed by atoms with Crippen molar-refractivity contribution >= 4 is 26.9 Å². The summed E-state index contributed by atoms with van der Waals surface area (Å²) in [7, 11) is -2.45. The summed E-state index contributed by atoms with van der Waals surface area (Å²) in [6, 6.07) is 13.0. The Morgan fingerprint density at radius 1 is 1.12 bits per heavy atom. The molecule has 2 atom stereocenters. The van der Waals surface area contributed by atoms with E-state index >= 15 is 0 Å². The fraction of sp³-hybridized carbons (Fsp3) is 0.379. The number of benzene rings is 2. The number of para-hydroxylation sites is 1. The van der Waals surface area contributed by atoms with Gasteiger partial charge in [0.2, 0.25) is 16.3 Å². The van der Waals surface area contributed by atoms with Gasteiger partial charge in [0, 0.05) is 37.0 Å². The Bertz CT molecular complexity index is 1580. The molecule has 0 unspecified atom stereocenters. The lowest BCUT2D eigenvalue weighted by Crippen LogP contribution is -2.38.